The minimum atomic E-state index is -0.182. The second-order valence-corrected chi connectivity index (χ2v) is 7.53. The number of anilines is 2. The zero-order valence-corrected chi connectivity index (χ0v) is 15.9. The number of aromatic nitrogens is 2. The van der Waals surface area contributed by atoms with Crippen LogP contribution in [0.1, 0.15) is 37.9 Å². The van der Waals surface area contributed by atoms with Crippen LogP contribution in [0, 0.1) is 0 Å². The van der Waals surface area contributed by atoms with Gasteiger partial charge in [0, 0.05) is 30.8 Å². The molecule has 2 heterocycles. The average molecular weight is 354 g/mol. The average Bonchev–Trinajstić information content (AvgIpc) is 3.03. The predicted molar refractivity (Wildman–Crippen MR) is 102 cm³/mol. The van der Waals surface area contributed by atoms with Crippen molar-refractivity contribution < 1.29 is 9.53 Å². The number of nitrogens with one attached hydrogen (secondary N) is 1. The second-order valence-electron chi connectivity index (χ2n) is 7.53. The van der Waals surface area contributed by atoms with Crippen molar-refractivity contribution in [1.29, 1.82) is 0 Å². The van der Waals surface area contributed by atoms with E-state index < -0.39 is 0 Å². The molecule has 0 unspecified atom stereocenters. The highest BCUT2D eigenvalue weighted by Crippen LogP contribution is 2.27. The van der Waals surface area contributed by atoms with Gasteiger partial charge >= 0.3 is 0 Å². The number of para-hydroxylation sites is 1. The van der Waals surface area contributed by atoms with E-state index in [4.69, 9.17) is 4.74 Å². The van der Waals surface area contributed by atoms with Gasteiger partial charge in [0.05, 0.1) is 18.8 Å². The number of ether oxygens (including phenoxy) is 1. The van der Waals surface area contributed by atoms with Gasteiger partial charge in [-0.2, -0.15) is 0 Å². The summed E-state index contributed by atoms with van der Waals surface area (Å²) in [5.74, 6) is 1.42. The van der Waals surface area contributed by atoms with E-state index in [9.17, 15) is 4.79 Å². The minimum absolute atomic E-state index is 0.0409. The van der Waals surface area contributed by atoms with Crippen molar-refractivity contribution in [2.45, 2.75) is 39.2 Å². The van der Waals surface area contributed by atoms with E-state index in [2.05, 4.69) is 42.1 Å². The molecule has 3 rings (SSSR count). The monoisotopic (exact) mass is 354 g/mol. The number of methoxy groups -OCH3 is 1. The number of rotatable bonds is 5. The van der Waals surface area contributed by atoms with Crippen molar-refractivity contribution in [2.24, 2.45) is 0 Å². The molecule has 0 saturated heterocycles. The lowest BCUT2D eigenvalue weighted by Crippen LogP contribution is -2.34. The van der Waals surface area contributed by atoms with Gasteiger partial charge in [0.15, 0.2) is 0 Å². The van der Waals surface area contributed by atoms with Gasteiger partial charge in [-0.05, 0) is 18.1 Å². The van der Waals surface area contributed by atoms with Crippen LogP contribution in [0.2, 0.25) is 0 Å². The normalized spacial score (nSPS) is 13.6. The second kappa shape index (κ2) is 7.41. The standard InChI is InChI=1S/C20H26N4O2/c1-20(2,3)19-22-15(13-26-4)11-17(23-19)21-12-18(25)24-10-9-14-7-5-6-8-16(14)24/h5-8,11H,9-10,12-13H2,1-4H3,(H,21,22,23). The number of carbonyl (C=O) groups is 1. The van der Waals surface area contributed by atoms with Crippen molar-refractivity contribution in [3.8, 4) is 0 Å². The van der Waals surface area contributed by atoms with E-state index in [1.165, 1.54) is 5.56 Å². The molecule has 1 N–H and O–H groups in total. The van der Waals surface area contributed by atoms with E-state index in [0.717, 1.165) is 30.2 Å². The van der Waals surface area contributed by atoms with Crippen LogP contribution in [0.5, 0.6) is 0 Å². The highest BCUT2D eigenvalue weighted by Gasteiger charge is 2.24. The quantitative estimate of drug-likeness (QED) is 0.894. The number of benzene rings is 1. The molecule has 1 amide bonds. The molecule has 1 aromatic heterocycles. The van der Waals surface area contributed by atoms with Gasteiger partial charge in [-0.1, -0.05) is 39.0 Å². The molecule has 1 aliphatic heterocycles. The fourth-order valence-electron chi connectivity index (χ4n) is 3.00. The topological polar surface area (TPSA) is 67.3 Å². The van der Waals surface area contributed by atoms with Crippen LogP contribution in [0.15, 0.2) is 30.3 Å². The van der Waals surface area contributed by atoms with Gasteiger partial charge in [0.1, 0.15) is 11.6 Å². The summed E-state index contributed by atoms with van der Waals surface area (Å²) >= 11 is 0. The Bertz CT molecular complexity index is 799. The van der Waals surface area contributed by atoms with Crippen molar-refractivity contribution in [3.05, 3.63) is 47.4 Å². The summed E-state index contributed by atoms with van der Waals surface area (Å²) in [5, 5.41) is 3.17. The van der Waals surface area contributed by atoms with Crippen LogP contribution < -0.4 is 10.2 Å². The lowest BCUT2D eigenvalue weighted by molar-refractivity contribution is -0.116. The number of nitrogens with zero attached hydrogens (tertiary/aromatic N) is 3. The van der Waals surface area contributed by atoms with Crippen LogP contribution in [0.3, 0.4) is 0 Å². The van der Waals surface area contributed by atoms with Gasteiger partial charge in [0.2, 0.25) is 5.91 Å². The van der Waals surface area contributed by atoms with Crippen LogP contribution in [0.4, 0.5) is 11.5 Å². The Balaban J connectivity index is 1.73. The van der Waals surface area contributed by atoms with Crippen molar-refractivity contribution >= 4 is 17.4 Å². The summed E-state index contributed by atoms with van der Waals surface area (Å²) in [7, 11) is 1.64. The zero-order valence-electron chi connectivity index (χ0n) is 15.9. The van der Waals surface area contributed by atoms with Gasteiger partial charge < -0.3 is 15.0 Å². The molecule has 138 valence electrons. The number of hydrogen-bond acceptors (Lipinski definition) is 5. The van der Waals surface area contributed by atoms with Crippen LogP contribution in [-0.4, -0.2) is 36.1 Å². The third-order valence-electron chi connectivity index (χ3n) is 4.35. The third kappa shape index (κ3) is 4.02. The summed E-state index contributed by atoms with van der Waals surface area (Å²) in [6.45, 7) is 7.53. The summed E-state index contributed by atoms with van der Waals surface area (Å²) < 4.78 is 5.20. The number of fused-ring (bicyclic) bond motifs is 1. The molecular weight excluding hydrogens is 328 g/mol. The highest BCUT2D eigenvalue weighted by molar-refractivity contribution is 5.97. The zero-order chi connectivity index (χ0) is 18.7. The molecule has 0 spiro atoms. The number of amides is 1. The largest absolute Gasteiger partial charge is 0.378 e. The molecule has 26 heavy (non-hydrogen) atoms. The molecule has 0 atom stereocenters. The fraction of sp³-hybridized carbons (Fsp3) is 0.450. The first-order valence-corrected chi connectivity index (χ1v) is 8.88. The summed E-state index contributed by atoms with van der Waals surface area (Å²) in [5.41, 5.74) is 2.85. The SMILES string of the molecule is COCc1cc(NCC(=O)N2CCc3ccccc32)nc(C(C)(C)C)n1. The van der Waals surface area contributed by atoms with E-state index in [-0.39, 0.29) is 17.9 Å². The molecule has 6 nitrogen and oxygen atoms in total. The molecule has 0 saturated carbocycles. The highest BCUT2D eigenvalue weighted by atomic mass is 16.5. The Labute approximate surface area is 154 Å². The van der Waals surface area contributed by atoms with Crippen LogP contribution in [0.25, 0.3) is 0 Å². The van der Waals surface area contributed by atoms with Gasteiger partial charge in [-0.15, -0.1) is 0 Å². The molecule has 0 bridgehead atoms. The molecule has 0 aliphatic carbocycles. The Hall–Kier alpha value is -2.47. The maximum absolute atomic E-state index is 12.7. The van der Waals surface area contributed by atoms with Gasteiger partial charge in [-0.3, -0.25) is 4.79 Å². The fourth-order valence-corrected chi connectivity index (χ4v) is 3.00. The summed E-state index contributed by atoms with van der Waals surface area (Å²) in [6.07, 6.45) is 0.904. The van der Waals surface area contributed by atoms with Gasteiger partial charge in [-0.25, -0.2) is 9.97 Å². The maximum Gasteiger partial charge on any atom is 0.246 e. The van der Waals surface area contributed by atoms with Crippen molar-refractivity contribution in [2.75, 3.05) is 30.4 Å². The Morgan fingerprint density at radius 3 is 2.77 bits per heavy atom. The molecule has 0 fully saturated rings. The first-order chi connectivity index (χ1) is 12.4. The van der Waals surface area contributed by atoms with Crippen LogP contribution in [-0.2, 0) is 28.0 Å². The van der Waals surface area contributed by atoms with E-state index in [1.807, 2.05) is 29.2 Å². The van der Waals surface area contributed by atoms with Crippen molar-refractivity contribution in [3.63, 3.8) is 0 Å². The molecule has 2 aromatic rings. The van der Waals surface area contributed by atoms with Crippen molar-refractivity contribution in [1.82, 2.24) is 9.97 Å². The van der Waals surface area contributed by atoms with Gasteiger partial charge in [0.25, 0.3) is 0 Å². The molecular formula is C20H26N4O2. The Morgan fingerprint density at radius 2 is 2.04 bits per heavy atom. The molecule has 6 heteroatoms. The molecule has 1 aromatic carbocycles. The lowest BCUT2D eigenvalue weighted by atomic mass is 9.95. The Kier molecular flexibility index (Phi) is 5.23. The van der Waals surface area contributed by atoms with Crippen LogP contribution >= 0.6 is 0 Å². The maximum atomic E-state index is 12.7. The Morgan fingerprint density at radius 1 is 1.27 bits per heavy atom. The molecule has 0 radical (unpaired) electrons. The molecule has 1 aliphatic rings. The first kappa shape index (κ1) is 18.3. The summed E-state index contributed by atoms with van der Waals surface area (Å²) in [6, 6.07) is 9.89. The van der Waals surface area contributed by atoms with E-state index in [1.54, 1.807) is 7.11 Å². The summed E-state index contributed by atoms with van der Waals surface area (Å²) in [4.78, 5) is 23.6. The first-order valence-electron chi connectivity index (χ1n) is 8.88. The number of carbonyl (C=O) groups excluding carboxylic acids is 1. The number of hydrogen-bond donors (Lipinski definition) is 1. The smallest absolute Gasteiger partial charge is 0.246 e. The van der Waals surface area contributed by atoms with E-state index in [0.29, 0.717) is 12.4 Å². The van der Waals surface area contributed by atoms with E-state index >= 15 is 0 Å². The third-order valence-corrected chi connectivity index (χ3v) is 4.35. The minimum Gasteiger partial charge on any atom is -0.378 e. The predicted octanol–water partition coefficient (Wildman–Crippen LogP) is 2.92. The lowest BCUT2D eigenvalue weighted by Gasteiger charge is -2.20.